The van der Waals surface area contributed by atoms with E-state index in [1.807, 2.05) is 30.7 Å². The van der Waals surface area contributed by atoms with E-state index in [-0.39, 0.29) is 0 Å². The van der Waals surface area contributed by atoms with E-state index >= 15 is 0 Å². The average molecular weight is 291 g/mol. The van der Waals surface area contributed by atoms with Crippen LogP contribution in [0.3, 0.4) is 0 Å². The van der Waals surface area contributed by atoms with Gasteiger partial charge in [-0.15, -0.1) is 10.2 Å². The number of aromatic nitrogens is 3. The molecule has 2 rings (SSSR count). The number of carbonyl (C=O) groups excluding carboxylic acids is 1. The Morgan fingerprint density at radius 1 is 1.30 bits per heavy atom. The Morgan fingerprint density at radius 3 is 2.65 bits per heavy atom. The highest BCUT2D eigenvalue weighted by Gasteiger charge is 2.04. The molecule has 20 heavy (non-hydrogen) atoms. The van der Waals surface area contributed by atoms with Crippen molar-refractivity contribution in [3.8, 4) is 5.75 Å². The number of aryl methyl sites for hydroxylation is 1. The Balaban J connectivity index is 1.68. The van der Waals surface area contributed by atoms with Crippen molar-refractivity contribution in [2.24, 2.45) is 7.05 Å². The molecule has 1 heterocycles. The molecule has 0 saturated heterocycles. The van der Waals surface area contributed by atoms with Gasteiger partial charge in [-0.2, -0.15) is 0 Å². The molecular weight excluding hydrogens is 274 g/mol. The fourth-order valence-electron chi connectivity index (χ4n) is 1.57. The molecule has 0 aliphatic carbocycles. The molecule has 0 atom stereocenters. The van der Waals surface area contributed by atoms with E-state index in [1.165, 1.54) is 0 Å². The predicted molar refractivity (Wildman–Crippen MR) is 78.4 cm³/mol. The van der Waals surface area contributed by atoms with E-state index in [9.17, 15) is 4.79 Å². The zero-order chi connectivity index (χ0) is 14.4. The first-order valence-corrected chi connectivity index (χ1v) is 7.36. The fourth-order valence-corrected chi connectivity index (χ4v) is 2.44. The monoisotopic (exact) mass is 291 g/mol. The second-order valence-electron chi connectivity index (χ2n) is 4.33. The van der Waals surface area contributed by atoms with Crippen LogP contribution < -0.4 is 4.74 Å². The van der Waals surface area contributed by atoms with Crippen molar-refractivity contribution in [3.05, 3.63) is 35.7 Å². The van der Waals surface area contributed by atoms with Crippen LogP contribution in [0.4, 0.5) is 0 Å². The lowest BCUT2D eigenvalue weighted by Gasteiger charge is -2.06. The zero-order valence-corrected chi connectivity index (χ0v) is 12.4. The average Bonchev–Trinajstić information content (AvgIpc) is 2.79. The van der Waals surface area contributed by atoms with Crippen LogP contribution in [-0.4, -0.2) is 33.4 Å². The minimum atomic E-state index is 0.643. The number of ether oxygens (including phenoxy) is 1. The number of aldehydes is 1. The quantitative estimate of drug-likeness (QED) is 0.445. The Labute approximate surface area is 122 Å². The molecule has 0 N–H and O–H groups in total. The molecule has 0 fully saturated rings. The summed E-state index contributed by atoms with van der Waals surface area (Å²) >= 11 is 1.67. The van der Waals surface area contributed by atoms with Crippen LogP contribution in [0.25, 0.3) is 0 Å². The highest BCUT2D eigenvalue weighted by molar-refractivity contribution is 7.99. The molecule has 0 bridgehead atoms. The Kier molecular flexibility index (Phi) is 5.17. The van der Waals surface area contributed by atoms with Crippen LogP contribution in [0.15, 0.2) is 29.4 Å². The van der Waals surface area contributed by atoms with Crippen LogP contribution in [0.2, 0.25) is 0 Å². The van der Waals surface area contributed by atoms with Crippen LogP contribution in [-0.2, 0) is 7.05 Å². The lowest BCUT2D eigenvalue weighted by Crippen LogP contribution is -2.00. The van der Waals surface area contributed by atoms with Gasteiger partial charge in [0.05, 0.1) is 6.61 Å². The van der Waals surface area contributed by atoms with Gasteiger partial charge < -0.3 is 9.30 Å². The molecule has 2 aromatic rings. The van der Waals surface area contributed by atoms with Crippen molar-refractivity contribution < 1.29 is 9.53 Å². The molecule has 1 aromatic heterocycles. The van der Waals surface area contributed by atoms with E-state index in [1.54, 1.807) is 23.9 Å². The smallest absolute Gasteiger partial charge is 0.190 e. The van der Waals surface area contributed by atoms with Gasteiger partial charge in [0.25, 0.3) is 0 Å². The summed E-state index contributed by atoms with van der Waals surface area (Å²) < 4.78 is 7.58. The van der Waals surface area contributed by atoms with E-state index in [2.05, 4.69) is 10.2 Å². The molecule has 0 amide bonds. The molecule has 0 spiro atoms. The topological polar surface area (TPSA) is 57.0 Å². The minimum absolute atomic E-state index is 0.643. The first-order valence-electron chi connectivity index (χ1n) is 6.37. The maximum atomic E-state index is 10.5. The normalized spacial score (nSPS) is 10.5. The second kappa shape index (κ2) is 7.09. The van der Waals surface area contributed by atoms with E-state index in [4.69, 9.17) is 4.74 Å². The maximum Gasteiger partial charge on any atom is 0.190 e. The molecule has 6 heteroatoms. The fraction of sp³-hybridized carbons (Fsp3) is 0.357. The SMILES string of the molecule is Cc1nnc(SCCCOc2ccc(C=O)cc2)n1C. The first kappa shape index (κ1) is 14.6. The largest absolute Gasteiger partial charge is 0.494 e. The molecule has 0 unspecified atom stereocenters. The maximum absolute atomic E-state index is 10.5. The summed E-state index contributed by atoms with van der Waals surface area (Å²) in [6.07, 6.45) is 1.75. The molecule has 0 aliphatic heterocycles. The number of carbonyl (C=O) groups is 1. The second-order valence-corrected chi connectivity index (χ2v) is 5.39. The van der Waals surface area contributed by atoms with Gasteiger partial charge in [0.15, 0.2) is 5.16 Å². The highest BCUT2D eigenvalue weighted by atomic mass is 32.2. The minimum Gasteiger partial charge on any atom is -0.494 e. The number of hydrogen-bond donors (Lipinski definition) is 0. The van der Waals surface area contributed by atoms with E-state index < -0.39 is 0 Å². The molecule has 1 aromatic carbocycles. The number of benzene rings is 1. The third-order valence-electron chi connectivity index (χ3n) is 2.86. The number of rotatable bonds is 7. The molecule has 5 nitrogen and oxygen atoms in total. The van der Waals surface area contributed by atoms with Gasteiger partial charge in [-0.25, -0.2) is 0 Å². The van der Waals surface area contributed by atoms with Crippen LogP contribution in [0.1, 0.15) is 22.6 Å². The molecule has 106 valence electrons. The highest BCUT2D eigenvalue weighted by Crippen LogP contribution is 2.17. The summed E-state index contributed by atoms with van der Waals surface area (Å²) in [4.78, 5) is 10.5. The predicted octanol–water partition coefficient (Wildman–Crippen LogP) is 2.50. The van der Waals surface area contributed by atoms with Gasteiger partial charge in [0.2, 0.25) is 0 Å². The van der Waals surface area contributed by atoms with Crippen LogP contribution >= 0.6 is 11.8 Å². The van der Waals surface area contributed by atoms with Crippen molar-refractivity contribution in [1.29, 1.82) is 0 Å². The molecule has 0 radical (unpaired) electrons. The summed E-state index contributed by atoms with van der Waals surface area (Å²) in [6, 6.07) is 7.12. The number of hydrogen-bond acceptors (Lipinski definition) is 5. The van der Waals surface area contributed by atoms with E-state index in [0.717, 1.165) is 35.2 Å². The summed E-state index contributed by atoms with van der Waals surface area (Å²) in [5, 5.41) is 9.03. The summed E-state index contributed by atoms with van der Waals surface area (Å²) in [5.74, 6) is 2.63. The first-order chi connectivity index (χ1) is 9.70. The van der Waals surface area contributed by atoms with E-state index in [0.29, 0.717) is 12.2 Å². The zero-order valence-electron chi connectivity index (χ0n) is 11.6. The van der Waals surface area contributed by atoms with Crippen molar-refractivity contribution in [2.75, 3.05) is 12.4 Å². The Bertz CT molecular complexity index is 566. The van der Waals surface area contributed by atoms with Gasteiger partial charge in [-0.05, 0) is 37.6 Å². The molecular formula is C14H17N3O2S. The van der Waals surface area contributed by atoms with Gasteiger partial charge >= 0.3 is 0 Å². The van der Waals surface area contributed by atoms with Crippen molar-refractivity contribution in [2.45, 2.75) is 18.5 Å². The van der Waals surface area contributed by atoms with Gasteiger partial charge in [-0.3, -0.25) is 4.79 Å². The number of nitrogens with zero attached hydrogens (tertiary/aromatic N) is 3. The lowest BCUT2D eigenvalue weighted by atomic mass is 10.2. The summed E-state index contributed by atoms with van der Waals surface area (Å²) in [6.45, 7) is 2.58. The van der Waals surface area contributed by atoms with Gasteiger partial charge in [0, 0.05) is 18.4 Å². The van der Waals surface area contributed by atoms with Crippen molar-refractivity contribution in [1.82, 2.24) is 14.8 Å². The molecule has 0 aliphatic rings. The third-order valence-corrected chi connectivity index (χ3v) is 3.96. The van der Waals surface area contributed by atoms with Gasteiger partial charge in [0.1, 0.15) is 17.9 Å². The summed E-state index contributed by atoms with van der Waals surface area (Å²) in [5.41, 5.74) is 0.658. The number of thioether (sulfide) groups is 1. The van der Waals surface area contributed by atoms with Gasteiger partial charge in [-0.1, -0.05) is 11.8 Å². The molecule has 0 saturated carbocycles. The Morgan fingerprint density at radius 2 is 2.05 bits per heavy atom. The standard InChI is InChI=1S/C14H17N3O2S/c1-11-15-16-14(17(11)2)20-9-3-8-19-13-6-4-12(10-18)5-7-13/h4-7,10H,3,8-9H2,1-2H3. The van der Waals surface area contributed by atoms with Crippen LogP contribution in [0.5, 0.6) is 5.75 Å². The summed E-state index contributed by atoms with van der Waals surface area (Å²) in [7, 11) is 1.96. The third kappa shape index (κ3) is 3.84. The Hall–Kier alpha value is -1.82. The van der Waals surface area contributed by atoms with Crippen LogP contribution in [0, 0.1) is 6.92 Å². The van der Waals surface area contributed by atoms with Crippen molar-refractivity contribution in [3.63, 3.8) is 0 Å². The lowest BCUT2D eigenvalue weighted by molar-refractivity contribution is 0.112. The van der Waals surface area contributed by atoms with Crippen molar-refractivity contribution >= 4 is 18.0 Å².